The molecule has 2 aromatic carbocycles. The molecule has 1 amide bonds. The summed E-state index contributed by atoms with van der Waals surface area (Å²) in [5.41, 5.74) is 2.83. The SMILES string of the molecule is COc1ccc(CNC(=O)[C@H]2CCCN(c3nc4ccc(Br)cc4[nH]3)C2)c(OC)c1. The van der Waals surface area contributed by atoms with Gasteiger partial charge in [-0.1, -0.05) is 15.9 Å². The largest absolute Gasteiger partial charge is 0.497 e. The molecule has 2 N–H and O–H groups in total. The van der Waals surface area contributed by atoms with Crippen LogP contribution in [0.2, 0.25) is 0 Å². The van der Waals surface area contributed by atoms with Crippen LogP contribution in [0.3, 0.4) is 0 Å². The molecule has 4 rings (SSSR count). The van der Waals surface area contributed by atoms with E-state index >= 15 is 0 Å². The standard InChI is InChI=1S/C22H25BrN4O3/c1-29-17-7-5-14(20(11-17)30-2)12-24-21(28)15-4-3-9-27(13-15)22-25-18-8-6-16(23)10-19(18)26-22/h5-8,10-11,15H,3-4,9,12-13H2,1-2H3,(H,24,28)(H,25,26)/t15-/m0/s1. The van der Waals surface area contributed by atoms with Crippen LogP contribution in [-0.4, -0.2) is 43.2 Å². The first-order chi connectivity index (χ1) is 14.6. The van der Waals surface area contributed by atoms with Crippen LogP contribution in [0, 0.1) is 5.92 Å². The van der Waals surface area contributed by atoms with E-state index in [9.17, 15) is 4.79 Å². The van der Waals surface area contributed by atoms with Crippen molar-refractivity contribution in [2.75, 3.05) is 32.2 Å². The monoisotopic (exact) mass is 472 g/mol. The van der Waals surface area contributed by atoms with Gasteiger partial charge in [0, 0.05) is 35.7 Å². The van der Waals surface area contributed by atoms with E-state index in [-0.39, 0.29) is 11.8 Å². The Hall–Kier alpha value is -2.74. The molecule has 1 atom stereocenters. The number of H-pyrrole nitrogens is 1. The van der Waals surface area contributed by atoms with Crippen LogP contribution in [0.4, 0.5) is 5.95 Å². The van der Waals surface area contributed by atoms with Crippen molar-refractivity contribution < 1.29 is 14.3 Å². The van der Waals surface area contributed by atoms with E-state index in [1.165, 1.54) is 0 Å². The van der Waals surface area contributed by atoms with Gasteiger partial charge in [0.25, 0.3) is 0 Å². The van der Waals surface area contributed by atoms with Crippen molar-refractivity contribution in [1.82, 2.24) is 15.3 Å². The summed E-state index contributed by atoms with van der Waals surface area (Å²) in [5, 5.41) is 3.06. The average Bonchev–Trinajstić information content (AvgIpc) is 3.20. The lowest BCUT2D eigenvalue weighted by molar-refractivity contribution is -0.125. The van der Waals surface area contributed by atoms with Gasteiger partial charge in [0.1, 0.15) is 11.5 Å². The third-order valence-electron chi connectivity index (χ3n) is 5.47. The molecule has 30 heavy (non-hydrogen) atoms. The van der Waals surface area contributed by atoms with Crippen LogP contribution in [0.25, 0.3) is 11.0 Å². The molecule has 2 heterocycles. The van der Waals surface area contributed by atoms with Crippen LogP contribution in [0.5, 0.6) is 11.5 Å². The first-order valence-electron chi connectivity index (χ1n) is 9.96. The molecule has 7 nitrogen and oxygen atoms in total. The molecule has 1 aliphatic rings. The highest BCUT2D eigenvalue weighted by molar-refractivity contribution is 9.10. The second kappa shape index (κ2) is 8.95. The van der Waals surface area contributed by atoms with Crippen LogP contribution in [0.1, 0.15) is 18.4 Å². The molecule has 158 valence electrons. The Morgan fingerprint density at radius 1 is 1.27 bits per heavy atom. The van der Waals surface area contributed by atoms with E-state index < -0.39 is 0 Å². The van der Waals surface area contributed by atoms with E-state index in [0.717, 1.165) is 52.2 Å². The van der Waals surface area contributed by atoms with Crippen molar-refractivity contribution >= 4 is 38.8 Å². The number of hydrogen-bond acceptors (Lipinski definition) is 5. The van der Waals surface area contributed by atoms with Crippen molar-refractivity contribution in [3.05, 3.63) is 46.4 Å². The second-order valence-electron chi connectivity index (χ2n) is 7.40. The summed E-state index contributed by atoms with van der Waals surface area (Å²) >= 11 is 3.49. The molecule has 8 heteroatoms. The van der Waals surface area contributed by atoms with Gasteiger partial charge in [0.05, 0.1) is 31.2 Å². The van der Waals surface area contributed by atoms with Crippen molar-refractivity contribution in [3.8, 4) is 11.5 Å². The lowest BCUT2D eigenvalue weighted by Gasteiger charge is -2.31. The number of methoxy groups -OCH3 is 2. The number of carbonyl (C=O) groups is 1. The number of halogens is 1. The summed E-state index contributed by atoms with van der Waals surface area (Å²) in [6, 6.07) is 11.6. The number of anilines is 1. The fourth-order valence-corrected chi connectivity index (χ4v) is 4.19. The lowest BCUT2D eigenvalue weighted by atomic mass is 9.97. The molecule has 0 bridgehead atoms. The minimum Gasteiger partial charge on any atom is -0.497 e. The molecule has 0 spiro atoms. The van der Waals surface area contributed by atoms with E-state index in [4.69, 9.17) is 14.5 Å². The fourth-order valence-electron chi connectivity index (χ4n) is 3.83. The number of nitrogens with zero attached hydrogens (tertiary/aromatic N) is 2. The first kappa shape index (κ1) is 20.5. The second-order valence-corrected chi connectivity index (χ2v) is 8.32. The number of amides is 1. The highest BCUT2D eigenvalue weighted by atomic mass is 79.9. The van der Waals surface area contributed by atoms with Gasteiger partial charge < -0.3 is 24.7 Å². The Labute approximate surface area is 183 Å². The summed E-state index contributed by atoms with van der Waals surface area (Å²) in [5.74, 6) is 2.22. The zero-order chi connectivity index (χ0) is 21.1. The quantitative estimate of drug-likeness (QED) is 0.568. The molecule has 0 aliphatic carbocycles. The van der Waals surface area contributed by atoms with Gasteiger partial charge in [-0.25, -0.2) is 4.98 Å². The van der Waals surface area contributed by atoms with Gasteiger partial charge in [-0.3, -0.25) is 4.79 Å². The first-order valence-corrected chi connectivity index (χ1v) is 10.8. The van der Waals surface area contributed by atoms with Crippen molar-refractivity contribution in [3.63, 3.8) is 0 Å². The van der Waals surface area contributed by atoms with Crippen LogP contribution in [-0.2, 0) is 11.3 Å². The van der Waals surface area contributed by atoms with Crippen LogP contribution >= 0.6 is 15.9 Å². The van der Waals surface area contributed by atoms with Gasteiger partial charge in [0.15, 0.2) is 0 Å². The zero-order valence-corrected chi connectivity index (χ0v) is 18.7. The summed E-state index contributed by atoms with van der Waals surface area (Å²) in [6.07, 6.45) is 1.82. The highest BCUT2D eigenvalue weighted by Gasteiger charge is 2.27. The molecule has 3 aromatic rings. The van der Waals surface area contributed by atoms with Gasteiger partial charge in [-0.15, -0.1) is 0 Å². The van der Waals surface area contributed by atoms with Gasteiger partial charge in [-0.05, 0) is 43.2 Å². The number of benzene rings is 2. The summed E-state index contributed by atoms with van der Waals surface area (Å²) in [6.45, 7) is 1.95. The number of fused-ring (bicyclic) bond motifs is 1. The maximum atomic E-state index is 12.8. The number of aromatic amines is 1. The molecule has 1 aromatic heterocycles. The number of carbonyl (C=O) groups excluding carboxylic acids is 1. The number of rotatable bonds is 6. The minimum absolute atomic E-state index is 0.0522. The molecular weight excluding hydrogens is 448 g/mol. The maximum Gasteiger partial charge on any atom is 0.225 e. The van der Waals surface area contributed by atoms with Crippen molar-refractivity contribution in [2.24, 2.45) is 5.92 Å². The third kappa shape index (κ3) is 4.38. The third-order valence-corrected chi connectivity index (χ3v) is 5.96. The van der Waals surface area contributed by atoms with Crippen LogP contribution < -0.4 is 19.7 Å². The number of nitrogens with one attached hydrogen (secondary N) is 2. The molecule has 0 radical (unpaired) electrons. The van der Waals surface area contributed by atoms with E-state index in [2.05, 4.69) is 31.1 Å². The van der Waals surface area contributed by atoms with Crippen molar-refractivity contribution in [2.45, 2.75) is 19.4 Å². The summed E-state index contributed by atoms with van der Waals surface area (Å²) < 4.78 is 11.7. The smallest absolute Gasteiger partial charge is 0.225 e. The van der Waals surface area contributed by atoms with E-state index in [1.807, 2.05) is 36.4 Å². The van der Waals surface area contributed by atoms with Crippen LogP contribution in [0.15, 0.2) is 40.9 Å². The normalized spacial score (nSPS) is 16.5. The Kier molecular flexibility index (Phi) is 6.13. The maximum absolute atomic E-state index is 12.8. The number of hydrogen-bond donors (Lipinski definition) is 2. The summed E-state index contributed by atoms with van der Waals surface area (Å²) in [7, 11) is 3.23. The van der Waals surface area contributed by atoms with E-state index in [0.29, 0.717) is 18.8 Å². The van der Waals surface area contributed by atoms with E-state index in [1.54, 1.807) is 14.2 Å². The number of aromatic nitrogens is 2. The Morgan fingerprint density at radius 2 is 2.13 bits per heavy atom. The highest BCUT2D eigenvalue weighted by Crippen LogP contribution is 2.27. The molecular formula is C22H25BrN4O3. The Balaban J connectivity index is 1.41. The molecule has 0 saturated carbocycles. The number of ether oxygens (including phenoxy) is 2. The Morgan fingerprint density at radius 3 is 2.93 bits per heavy atom. The number of piperidine rings is 1. The molecule has 1 saturated heterocycles. The number of imidazole rings is 1. The average molecular weight is 473 g/mol. The topological polar surface area (TPSA) is 79.5 Å². The van der Waals surface area contributed by atoms with Gasteiger partial charge >= 0.3 is 0 Å². The lowest BCUT2D eigenvalue weighted by Crippen LogP contribution is -2.43. The van der Waals surface area contributed by atoms with Crippen molar-refractivity contribution in [1.29, 1.82) is 0 Å². The molecule has 0 unspecified atom stereocenters. The fraction of sp³-hybridized carbons (Fsp3) is 0.364. The predicted molar refractivity (Wildman–Crippen MR) is 120 cm³/mol. The molecule has 1 aliphatic heterocycles. The van der Waals surface area contributed by atoms with Gasteiger partial charge in [-0.2, -0.15) is 0 Å². The minimum atomic E-state index is -0.0806. The molecule has 1 fully saturated rings. The summed E-state index contributed by atoms with van der Waals surface area (Å²) in [4.78, 5) is 23.1. The predicted octanol–water partition coefficient (Wildman–Crippen LogP) is 3.88. The zero-order valence-electron chi connectivity index (χ0n) is 17.1. The Bertz CT molecular complexity index is 1050. The van der Waals surface area contributed by atoms with Gasteiger partial charge in [0.2, 0.25) is 11.9 Å².